The van der Waals surface area contributed by atoms with Gasteiger partial charge in [0.05, 0.1) is 0 Å². The van der Waals surface area contributed by atoms with Gasteiger partial charge in [-0.25, -0.2) is 0 Å². The molecule has 0 saturated heterocycles. The van der Waals surface area contributed by atoms with E-state index in [9.17, 15) is 0 Å². The van der Waals surface area contributed by atoms with Gasteiger partial charge in [-0.3, -0.25) is 0 Å². The third-order valence-corrected chi connectivity index (χ3v) is 6.71. The zero-order valence-electron chi connectivity index (χ0n) is 10.7. The van der Waals surface area contributed by atoms with Crippen LogP contribution in [0.4, 0.5) is 0 Å². The molecule has 3 aliphatic rings. The summed E-state index contributed by atoms with van der Waals surface area (Å²) < 4.78 is 0.582. The highest BCUT2D eigenvalue weighted by atomic mass is 32.2. The molecular formula is C16H22S. The average Bonchev–Trinajstić information content (AvgIpc) is 2.42. The molecule has 0 atom stereocenters. The van der Waals surface area contributed by atoms with Crippen molar-refractivity contribution in [1.29, 1.82) is 0 Å². The molecule has 0 amide bonds. The summed E-state index contributed by atoms with van der Waals surface area (Å²) in [5.41, 5.74) is 0.735. The van der Waals surface area contributed by atoms with Gasteiger partial charge in [0.25, 0.3) is 0 Å². The molecule has 1 aromatic carbocycles. The Hall–Kier alpha value is -0.430. The molecule has 17 heavy (non-hydrogen) atoms. The molecule has 4 rings (SSSR count). The number of thioether (sulfide) groups is 1. The third-order valence-electron chi connectivity index (χ3n) is 5.16. The second-order valence-corrected chi connectivity index (χ2v) is 7.49. The van der Waals surface area contributed by atoms with Crippen LogP contribution in [0.2, 0.25) is 0 Å². The summed E-state index contributed by atoms with van der Waals surface area (Å²) in [4.78, 5) is 1.47. The van der Waals surface area contributed by atoms with Gasteiger partial charge in [0.1, 0.15) is 0 Å². The van der Waals surface area contributed by atoms with E-state index in [0.29, 0.717) is 4.75 Å². The second kappa shape index (κ2) is 4.35. The molecule has 0 aromatic heterocycles. The van der Waals surface area contributed by atoms with Gasteiger partial charge in [-0.15, -0.1) is 11.8 Å². The Bertz CT molecular complexity index is 357. The van der Waals surface area contributed by atoms with Crippen molar-refractivity contribution in [2.75, 3.05) is 0 Å². The zero-order valence-corrected chi connectivity index (χ0v) is 11.6. The topological polar surface area (TPSA) is 0 Å². The van der Waals surface area contributed by atoms with Crippen LogP contribution in [-0.4, -0.2) is 4.75 Å². The highest BCUT2D eigenvalue weighted by Gasteiger charge is 2.47. The minimum atomic E-state index is 0.582. The molecule has 2 bridgehead atoms. The lowest BCUT2D eigenvalue weighted by Crippen LogP contribution is -2.43. The Balaban J connectivity index is 1.73. The molecule has 1 heteroatoms. The van der Waals surface area contributed by atoms with Crippen LogP contribution in [-0.2, 0) is 0 Å². The van der Waals surface area contributed by atoms with E-state index in [1.54, 1.807) is 0 Å². The van der Waals surface area contributed by atoms with Crippen molar-refractivity contribution < 1.29 is 0 Å². The van der Waals surface area contributed by atoms with Gasteiger partial charge in [-0.05, 0) is 56.1 Å². The lowest BCUT2D eigenvalue weighted by atomic mass is 9.59. The smallest absolute Gasteiger partial charge is 0.0207 e. The maximum atomic E-state index is 2.39. The van der Waals surface area contributed by atoms with Crippen LogP contribution in [0, 0.1) is 5.41 Å². The van der Waals surface area contributed by atoms with Crippen molar-refractivity contribution in [2.24, 2.45) is 5.41 Å². The van der Waals surface area contributed by atoms with E-state index < -0.39 is 0 Å². The van der Waals surface area contributed by atoms with Crippen LogP contribution >= 0.6 is 11.8 Å². The highest BCUT2D eigenvalue weighted by Crippen LogP contribution is 2.60. The summed E-state index contributed by atoms with van der Waals surface area (Å²) in [6.07, 6.45) is 10.2. The second-order valence-electron chi connectivity index (χ2n) is 5.95. The minimum Gasteiger partial charge on any atom is -0.119 e. The van der Waals surface area contributed by atoms with Crippen LogP contribution in [0.3, 0.4) is 0 Å². The number of hydrogen-bond acceptors (Lipinski definition) is 1. The molecule has 0 aliphatic heterocycles. The van der Waals surface area contributed by atoms with E-state index in [2.05, 4.69) is 49.0 Å². The summed E-state index contributed by atoms with van der Waals surface area (Å²) >= 11 is 2.16. The molecule has 0 nitrogen and oxygen atoms in total. The molecule has 0 N–H and O–H groups in total. The van der Waals surface area contributed by atoms with E-state index in [-0.39, 0.29) is 0 Å². The Morgan fingerprint density at radius 2 is 1.53 bits per heavy atom. The van der Waals surface area contributed by atoms with Crippen molar-refractivity contribution in [3.63, 3.8) is 0 Å². The zero-order chi connectivity index (χ0) is 11.8. The van der Waals surface area contributed by atoms with Gasteiger partial charge in [-0.2, -0.15) is 0 Å². The highest BCUT2D eigenvalue weighted by molar-refractivity contribution is 8.00. The van der Waals surface area contributed by atoms with E-state index in [1.807, 2.05) is 0 Å². The summed E-state index contributed by atoms with van der Waals surface area (Å²) in [5.74, 6) is 0. The first-order valence-electron chi connectivity index (χ1n) is 7.00. The fourth-order valence-electron chi connectivity index (χ4n) is 3.65. The monoisotopic (exact) mass is 246 g/mol. The SMILES string of the molecule is CCC12CCC(Sc3ccccc3)(CC1)CC2. The van der Waals surface area contributed by atoms with E-state index in [1.165, 1.54) is 49.8 Å². The van der Waals surface area contributed by atoms with Gasteiger partial charge in [0.15, 0.2) is 0 Å². The number of hydrogen-bond donors (Lipinski definition) is 0. The van der Waals surface area contributed by atoms with Crippen molar-refractivity contribution in [3.8, 4) is 0 Å². The van der Waals surface area contributed by atoms with Gasteiger partial charge < -0.3 is 0 Å². The molecule has 92 valence electrons. The van der Waals surface area contributed by atoms with E-state index in [0.717, 1.165) is 5.41 Å². The molecule has 0 heterocycles. The molecule has 1 aromatic rings. The van der Waals surface area contributed by atoms with Crippen LogP contribution in [0.5, 0.6) is 0 Å². The van der Waals surface area contributed by atoms with Gasteiger partial charge in [-0.1, -0.05) is 31.5 Å². The first-order valence-corrected chi connectivity index (χ1v) is 7.82. The molecule has 0 unspecified atom stereocenters. The lowest BCUT2D eigenvalue weighted by Gasteiger charge is -2.53. The van der Waals surface area contributed by atoms with Crippen LogP contribution in [0.25, 0.3) is 0 Å². The quantitative estimate of drug-likeness (QED) is 0.699. The van der Waals surface area contributed by atoms with Crippen molar-refractivity contribution in [3.05, 3.63) is 30.3 Å². The van der Waals surface area contributed by atoms with Crippen LogP contribution in [0.15, 0.2) is 35.2 Å². The molecule has 3 saturated carbocycles. The fraction of sp³-hybridized carbons (Fsp3) is 0.625. The fourth-order valence-corrected chi connectivity index (χ4v) is 5.06. The Morgan fingerprint density at radius 3 is 2.06 bits per heavy atom. The van der Waals surface area contributed by atoms with E-state index in [4.69, 9.17) is 0 Å². The van der Waals surface area contributed by atoms with Crippen LogP contribution in [0.1, 0.15) is 51.9 Å². The predicted molar refractivity (Wildman–Crippen MR) is 75.5 cm³/mol. The lowest BCUT2D eigenvalue weighted by molar-refractivity contribution is 0.0787. The Kier molecular flexibility index (Phi) is 2.98. The number of fused-ring (bicyclic) bond motifs is 3. The first kappa shape index (κ1) is 11.6. The summed E-state index contributed by atoms with van der Waals surface area (Å²) in [5, 5.41) is 0. The largest absolute Gasteiger partial charge is 0.119 e. The number of benzene rings is 1. The molecule has 0 radical (unpaired) electrons. The molecule has 3 fully saturated rings. The van der Waals surface area contributed by atoms with Gasteiger partial charge in [0.2, 0.25) is 0 Å². The maximum Gasteiger partial charge on any atom is 0.0207 e. The molecular weight excluding hydrogens is 224 g/mol. The summed E-state index contributed by atoms with van der Waals surface area (Å²) in [7, 11) is 0. The predicted octanol–water partition coefficient (Wildman–Crippen LogP) is 5.28. The van der Waals surface area contributed by atoms with Crippen molar-refractivity contribution >= 4 is 11.8 Å². The van der Waals surface area contributed by atoms with E-state index >= 15 is 0 Å². The summed E-state index contributed by atoms with van der Waals surface area (Å²) in [6, 6.07) is 11.0. The normalized spacial score (nSPS) is 36.1. The molecule has 0 spiro atoms. The van der Waals surface area contributed by atoms with Gasteiger partial charge in [0, 0.05) is 9.64 Å². The maximum absolute atomic E-state index is 2.39. The number of rotatable bonds is 3. The van der Waals surface area contributed by atoms with Crippen LogP contribution < -0.4 is 0 Å². The van der Waals surface area contributed by atoms with Crippen molar-refractivity contribution in [2.45, 2.75) is 61.5 Å². The standard InChI is InChI=1S/C16H22S/c1-2-15-8-11-16(12-9-15,13-10-15)17-14-6-4-3-5-7-14/h3-7H,2,8-13H2,1H3. The summed E-state index contributed by atoms with van der Waals surface area (Å²) in [6.45, 7) is 2.39. The first-order chi connectivity index (χ1) is 8.26. The average molecular weight is 246 g/mol. The third kappa shape index (κ3) is 2.14. The Morgan fingerprint density at radius 1 is 0.941 bits per heavy atom. The Labute approximate surface area is 109 Å². The van der Waals surface area contributed by atoms with Crippen molar-refractivity contribution in [1.82, 2.24) is 0 Å². The van der Waals surface area contributed by atoms with Gasteiger partial charge >= 0.3 is 0 Å². The minimum absolute atomic E-state index is 0.582. The molecule has 3 aliphatic carbocycles.